The van der Waals surface area contributed by atoms with E-state index in [1.54, 1.807) is 30.1 Å². The maximum atomic E-state index is 2.36. The van der Waals surface area contributed by atoms with Crippen LogP contribution in [-0.2, 0) is 0 Å². The molecule has 0 saturated heterocycles. The maximum absolute atomic E-state index is 2.36. The van der Waals surface area contributed by atoms with Crippen LogP contribution in [-0.4, -0.2) is 29.9 Å². The fourth-order valence-corrected chi connectivity index (χ4v) is 21.3. The SMILES string of the molecule is C[Se]C1=C([Se]C)SC(=C2SC3=C(SC(=C4SC5=C(CCC5)S4)S3)S2)S1. The second-order valence-corrected chi connectivity index (χ2v) is 19.7. The Morgan fingerprint density at radius 1 is 0.520 bits per heavy atom. The van der Waals surface area contributed by atoms with Gasteiger partial charge in [-0.05, 0) is 6.42 Å². The molecule has 4 aliphatic heterocycles. The summed E-state index contributed by atoms with van der Waals surface area (Å²) in [6.07, 6.45) is 4.00. The molecular formula is C15H12S8Se2. The van der Waals surface area contributed by atoms with E-state index >= 15 is 0 Å². The first-order valence-corrected chi connectivity index (χ1v) is 19.1. The zero-order chi connectivity index (χ0) is 17.0. The zero-order valence-electron chi connectivity index (χ0n) is 13.2. The fourth-order valence-electron chi connectivity index (χ4n) is 2.59. The van der Waals surface area contributed by atoms with Crippen LogP contribution in [0.15, 0.2) is 42.8 Å². The zero-order valence-corrected chi connectivity index (χ0v) is 23.2. The van der Waals surface area contributed by atoms with Crippen molar-refractivity contribution in [1.82, 2.24) is 0 Å². The average Bonchev–Trinajstić information content (AvgIpc) is 3.35. The second-order valence-electron chi connectivity index (χ2n) is 5.22. The summed E-state index contributed by atoms with van der Waals surface area (Å²) in [5.74, 6) is 4.71. The fraction of sp³-hybridized carbons (Fsp3) is 0.333. The molecule has 0 atom stereocenters. The quantitative estimate of drug-likeness (QED) is 0.284. The molecule has 0 aromatic heterocycles. The Bertz CT molecular complexity index is 761. The van der Waals surface area contributed by atoms with Crippen LogP contribution in [0.5, 0.6) is 0 Å². The third-order valence-electron chi connectivity index (χ3n) is 3.70. The molecule has 0 aromatic rings. The van der Waals surface area contributed by atoms with Gasteiger partial charge in [-0.1, -0.05) is 0 Å². The van der Waals surface area contributed by atoms with Crippen molar-refractivity contribution in [3.05, 3.63) is 42.8 Å². The summed E-state index contributed by atoms with van der Waals surface area (Å²) in [5, 5.41) is 0. The molecule has 0 aromatic carbocycles. The average molecular weight is 607 g/mol. The number of thioether (sulfide) groups is 8. The summed E-state index contributed by atoms with van der Waals surface area (Å²) in [4.78, 5) is 3.33. The minimum atomic E-state index is 0.641. The van der Waals surface area contributed by atoms with E-state index in [1.165, 1.54) is 32.0 Å². The van der Waals surface area contributed by atoms with Crippen molar-refractivity contribution in [1.29, 1.82) is 0 Å². The van der Waals surface area contributed by atoms with Crippen molar-refractivity contribution in [2.24, 2.45) is 0 Å². The van der Waals surface area contributed by atoms with Crippen molar-refractivity contribution < 1.29 is 0 Å². The predicted octanol–water partition coefficient (Wildman–Crippen LogP) is 8.31. The summed E-state index contributed by atoms with van der Waals surface area (Å²) < 4.78 is 12.6. The molecule has 1 aliphatic carbocycles. The molecule has 0 bridgehead atoms. The van der Waals surface area contributed by atoms with Gasteiger partial charge in [0.25, 0.3) is 0 Å². The van der Waals surface area contributed by atoms with Gasteiger partial charge in [0.05, 0.1) is 0 Å². The van der Waals surface area contributed by atoms with E-state index < -0.39 is 0 Å². The molecule has 0 saturated carbocycles. The van der Waals surface area contributed by atoms with E-state index in [1.807, 2.05) is 47.0 Å². The first kappa shape index (κ1) is 19.5. The van der Waals surface area contributed by atoms with Gasteiger partial charge in [0.1, 0.15) is 0 Å². The molecule has 0 nitrogen and oxygen atoms in total. The summed E-state index contributed by atoms with van der Waals surface area (Å²) in [6.45, 7) is 0. The first-order chi connectivity index (χ1) is 12.2. The van der Waals surface area contributed by atoms with E-state index in [0.29, 0.717) is 29.9 Å². The van der Waals surface area contributed by atoms with Crippen LogP contribution in [0.2, 0.25) is 11.6 Å². The Morgan fingerprint density at radius 2 is 0.880 bits per heavy atom. The standard InChI is InChI=1S/C15H12S8Se2/c1-24-14-15(25-2)23-13(22-14)12-20-10-11(21-12)19-9(18-10)8-16-6-4-3-5-7(6)17-8/h3-5H2,1-2H3. The second kappa shape index (κ2) is 8.35. The summed E-state index contributed by atoms with van der Waals surface area (Å²) >= 11 is 17.7. The number of hydrogen-bond donors (Lipinski definition) is 0. The Labute approximate surface area is 195 Å². The normalized spacial score (nSPS) is 26.2. The molecule has 0 amide bonds. The number of allylic oxidation sites excluding steroid dienone is 2. The van der Waals surface area contributed by atoms with E-state index in [9.17, 15) is 0 Å². The minimum absolute atomic E-state index is 0.641. The molecular weight excluding hydrogens is 595 g/mol. The van der Waals surface area contributed by atoms with Gasteiger partial charge in [0.2, 0.25) is 0 Å². The van der Waals surface area contributed by atoms with E-state index in [-0.39, 0.29) is 0 Å². The van der Waals surface area contributed by atoms with Gasteiger partial charge in [-0.2, -0.15) is 0 Å². The summed E-state index contributed by atoms with van der Waals surface area (Å²) in [7, 11) is 0. The molecule has 0 spiro atoms. The van der Waals surface area contributed by atoms with Gasteiger partial charge in [-0.15, -0.1) is 0 Å². The predicted molar refractivity (Wildman–Crippen MR) is 133 cm³/mol. The first-order valence-electron chi connectivity index (χ1n) is 7.45. The van der Waals surface area contributed by atoms with Gasteiger partial charge in [0, 0.05) is 0 Å². The van der Waals surface area contributed by atoms with Crippen molar-refractivity contribution >= 4 is 124 Å². The van der Waals surface area contributed by atoms with Crippen LogP contribution in [0, 0.1) is 0 Å². The Balaban J connectivity index is 1.27. The van der Waals surface area contributed by atoms with E-state index in [4.69, 9.17) is 0 Å². The third kappa shape index (κ3) is 3.84. The van der Waals surface area contributed by atoms with Gasteiger partial charge in [-0.3, -0.25) is 0 Å². The van der Waals surface area contributed by atoms with Gasteiger partial charge >= 0.3 is 191 Å². The van der Waals surface area contributed by atoms with Crippen molar-refractivity contribution in [3.8, 4) is 0 Å². The van der Waals surface area contributed by atoms with Crippen LogP contribution < -0.4 is 0 Å². The Kier molecular flexibility index (Phi) is 6.51. The molecule has 0 N–H and O–H groups in total. The Morgan fingerprint density at radius 3 is 1.28 bits per heavy atom. The van der Waals surface area contributed by atoms with Crippen LogP contribution in [0.25, 0.3) is 0 Å². The number of rotatable bonds is 2. The molecule has 132 valence electrons. The topological polar surface area (TPSA) is 0 Å². The molecule has 0 unspecified atom stereocenters. The molecule has 0 radical (unpaired) electrons. The summed E-state index contributed by atoms with van der Waals surface area (Å²) in [6, 6.07) is 0. The molecule has 5 rings (SSSR count). The van der Waals surface area contributed by atoms with E-state index in [0.717, 1.165) is 0 Å². The van der Waals surface area contributed by atoms with Crippen LogP contribution in [0.3, 0.4) is 0 Å². The molecule has 25 heavy (non-hydrogen) atoms. The van der Waals surface area contributed by atoms with Crippen LogP contribution in [0.1, 0.15) is 19.3 Å². The molecule has 4 heterocycles. The van der Waals surface area contributed by atoms with Crippen molar-refractivity contribution in [2.45, 2.75) is 30.9 Å². The van der Waals surface area contributed by atoms with Gasteiger partial charge in [-0.25, -0.2) is 0 Å². The monoisotopic (exact) mass is 608 g/mol. The van der Waals surface area contributed by atoms with Crippen LogP contribution >= 0.6 is 94.1 Å². The third-order valence-corrected chi connectivity index (χ3v) is 21.8. The Hall–Kier alpha value is 2.54. The van der Waals surface area contributed by atoms with E-state index in [2.05, 4.69) is 58.7 Å². The van der Waals surface area contributed by atoms with Gasteiger partial charge in [0.15, 0.2) is 0 Å². The number of hydrogen-bond acceptors (Lipinski definition) is 8. The molecule has 0 fully saturated rings. The summed E-state index contributed by atoms with van der Waals surface area (Å²) in [5.41, 5.74) is 0. The molecule has 10 heteroatoms. The van der Waals surface area contributed by atoms with Crippen LogP contribution in [0.4, 0.5) is 0 Å². The van der Waals surface area contributed by atoms with Crippen molar-refractivity contribution in [2.75, 3.05) is 0 Å². The van der Waals surface area contributed by atoms with Crippen molar-refractivity contribution in [3.63, 3.8) is 0 Å². The van der Waals surface area contributed by atoms with Gasteiger partial charge < -0.3 is 0 Å². The molecule has 5 aliphatic rings.